The molecular weight excluding hydrogens is 242 g/mol. The molecule has 112 valence electrons. The molecule has 19 heavy (non-hydrogen) atoms. The second-order valence-corrected chi connectivity index (χ2v) is 6.38. The monoisotopic (exact) mass is 271 g/mol. The number of carbonyl (C=O) groups excluding carboxylic acids is 1. The second kappa shape index (κ2) is 7.70. The molecule has 0 spiro atoms. The molecule has 1 fully saturated rings. The van der Waals surface area contributed by atoms with E-state index in [1.165, 1.54) is 12.8 Å². The van der Waals surface area contributed by atoms with Crippen LogP contribution in [0.5, 0.6) is 0 Å². The largest absolute Gasteiger partial charge is 0.444 e. The zero-order valence-corrected chi connectivity index (χ0v) is 12.8. The zero-order chi connectivity index (χ0) is 14.3. The first kappa shape index (κ1) is 16.2. The molecule has 1 rings (SSSR count). The Kier molecular flexibility index (Phi) is 6.58. The number of amides is 1. The van der Waals surface area contributed by atoms with Crippen LogP contribution in [0.2, 0.25) is 0 Å². The number of piperidine rings is 1. The highest BCUT2D eigenvalue weighted by Crippen LogP contribution is 2.12. The van der Waals surface area contributed by atoms with Gasteiger partial charge in [0, 0.05) is 19.6 Å². The fraction of sp³-hybridized carbons (Fsp3) is 0.929. The third kappa shape index (κ3) is 8.06. The van der Waals surface area contributed by atoms with Gasteiger partial charge in [-0.05, 0) is 59.7 Å². The molecule has 0 saturated carbocycles. The number of ether oxygens (including phenoxy) is 1. The summed E-state index contributed by atoms with van der Waals surface area (Å²) in [5.41, 5.74) is -0.426. The van der Waals surface area contributed by atoms with E-state index in [0.717, 1.165) is 32.1 Å². The SMILES string of the molecule is CN(CCNC(=O)OC(C)(C)C)CC1CCNCC1. The van der Waals surface area contributed by atoms with Gasteiger partial charge in [-0.15, -0.1) is 0 Å². The Bertz CT molecular complexity index is 270. The van der Waals surface area contributed by atoms with Crippen LogP contribution in [0.4, 0.5) is 4.79 Å². The van der Waals surface area contributed by atoms with Gasteiger partial charge in [-0.2, -0.15) is 0 Å². The van der Waals surface area contributed by atoms with Crippen LogP contribution < -0.4 is 10.6 Å². The fourth-order valence-electron chi connectivity index (χ4n) is 2.26. The lowest BCUT2D eigenvalue weighted by Crippen LogP contribution is -2.39. The zero-order valence-electron chi connectivity index (χ0n) is 12.8. The quantitative estimate of drug-likeness (QED) is 0.794. The van der Waals surface area contributed by atoms with Crippen LogP contribution >= 0.6 is 0 Å². The normalized spacial score (nSPS) is 17.5. The van der Waals surface area contributed by atoms with Crippen molar-refractivity contribution in [3.05, 3.63) is 0 Å². The van der Waals surface area contributed by atoms with E-state index in [4.69, 9.17) is 4.74 Å². The number of carbonyl (C=O) groups is 1. The highest BCUT2D eigenvalue weighted by molar-refractivity contribution is 5.67. The Morgan fingerprint density at radius 2 is 2.00 bits per heavy atom. The standard InChI is InChI=1S/C14H29N3O2/c1-14(2,3)19-13(18)16-9-10-17(4)11-12-5-7-15-8-6-12/h12,15H,5-11H2,1-4H3,(H,16,18). The maximum absolute atomic E-state index is 11.5. The van der Waals surface area contributed by atoms with Gasteiger partial charge < -0.3 is 20.3 Å². The summed E-state index contributed by atoms with van der Waals surface area (Å²) in [6.45, 7) is 10.5. The minimum Gasteiger partial charge on any atom is -0.444 e. The van der Waals surface area contributed by atoms with E-state index in [1.807, 2.05) is 20.8 Å². The summed E-state index contributed by atoms with van der Waals surface area (Å²) in [5, 5.41) is 6.17. The van der Waals surface area contributed by atoms with Gasteiger partial charge in [-0.25, -0.2) is 4.79 Å². The number of alkyl carbamates (subject to hydrolysis) is 1. The maximum Gasteiger partial charge on any atom is 0.407 e. The molecule has 1 aliphatic rings. The molecule has 0 aliphatic carbocycles. The number of hydrogen-bond acceptors (Lipinski definition) is 4. The summed E-state index contributed by atoms with van der Waals surface area (Å²) < 4.78 is 5.19. The highest BCUT2D eigenvalue weighted by atomic mass is 16.6. The third-order valence-electron chi connectivity index (χ3n) is 3.19. The van der Waals surface area contributed by atoms with Gasteiger partial charge in [0.2, 0.25) is 0 Å². The molecule has 1 heterocycles. The predicted molar refractivity (Wildman–Crippen MR) is 77.3 cm³/mol. The van der Waals surface area contributed by atoms with Crippen molar-refractivity contribution in [2.75, 3.05) is 39.8 Å². The van der Waals surface area contributed by atoms with E-state index in [-0.39, 0.29) is 6.09 Å². The van der Waals surface area contributed by atoms with Gasteiger partial charge in [-0.3, -0.25) is 0 Å². The summed E-state index contributed by atoms with van der Waals surface area (Å²) in [6.07, 6.45) is 2.18. The van der Waals surface area contributed by atoms with Crippen LogP contribution in [0.1, 0.15) is 33.6 Å². The van der Waals surface area contributed by atoms with Gasteiger partial charge in [0.05, 0.1) is 0 Å². The molecule has 0 aromatic heterocycles. The minimum absolute atomic E-state index is 0.331. The fourth-order valence-corrected chi connectivity index (χ4v) is 2.26. The average Bonchev–Trinajstić information content (AvgIpc) is 2.27. The van der Waals surface area contributed by atoms with Crippen LogP contribution in [-0.4, -0.2) is 56.4 Å². The van der Waals surface area contributed by atoms with Gasteiger partial charge in [0.1, 0.15) is 5.60 Å². The van der Waals surface area contributed by atoms with Crippen LogP contribution in [-0.2, 0) is 4.74 Å². The summed E-state index contributed by atoms with van der Waals surface area (Å²) >= 11 is 0. The Labute approximate surface area is 117 Å². The van der Waals surface area contributed by atoms with Crippen molar-refractivity contribution in [2.24, 2.45) is 5.92 Å². The average molecular weight is 271 g/mol. The molecular formula is C14H29N3O2. The molecule has 0 aromatic carbocycles. The number of nitrogens with one attached hydrogen (secondary N) is 2. The molecule has 0 unspecified atom stereocenters. The molecule has 0 radical (unpaired) electrons. The van der Waals surface area contributed by atoms with Gasteiger partial charge >= 0.3 is 6.09 Å². The topological polar surface area (TPSA) is 53.6 Å². The van der Waals surface area contributed by atoms with Crippen LogP contribution in [0.25, 0.3) is 0 Å². The van der Waals surface area contributed by atoms with E-state index >= 15 is 0 Å². The first-order valence-corrected chi connectivity index (χ1v) is 7.23. The summed E-state index contributed by atoms with van der Waals surface area (Å²) in [6, 6.07) is 0. The minimum atomic E-state index is -0.426. The first-order chi connectivity index (χ1) is 8.87. The Balaban J connectivity index is 2.09. The lowest BCUT2D eigenvalue weighted by atomic mass is 9.98. The smallest absolute Gasteiger partial charge is 0.407 e. The molecule has 0 bridgehead atoms. The Hall–Kier alpha value is -0.810. The summed E-state index contributed by atoms with van der Waals surface area (Å²) in [7, 11) is 2.11. The van der Waals surface area contributed by atoms with Crippen molar-refractivity contribution in [3.63, 3.8) is 0 Å². The molecule has 0 atom stereocenters. The first-order valence-electron chi connectivity index (χ1n) is 7.23. The summed E-state index contributed by atoms with van der Waals surface area (Å²) in [5.74, 6) is 0.785. The lowest BCUT2D eigenvalue weighted by Gasteiger charge is -2.27. The van der Waals surface area contributed by atoms with E-state index < -0.39 is 5.60 Å². The van der Waals surface area contributed by atoms with Crippen LogP contribution in [0.15, 0.2) is 0 Å². The van der Waals surface area contributed by atoms with Gasteiger partial charge in [0.15, 0.2) is 0 Å². The lowest BCUT2D eigenvalue weighted by molar-refractivity contribution is 0.0522. The third-order valence-corrected chi connectivity index (χ3v) is 3.19. The van der Waals surface area contributed by atoms with Crippen molar-refractivity contribution in [2.45, 2.75) is 39.2 Å². The molecule has 2 N–H and O–H groups in total. The highest BCUT2D eigenvalue weighted by Gasteiger charge is 2.17. The van der Waals surface area contributed by atoms with E-state index in [9.17, 15) is 4.79 Å². The van der Waals surface area contributed by atoms with Crippen molar-refractivity contribution < 1.29 is 9.53 Å². The van der Waals surface area contributed by atoms with E-state index in [1.54, 1.807) is 0 Å². The molecule has 5 nitrogen and oxygen atoms in total. The van der Waals surface area contributed by atoms with Crippen LogP contribution in [0, 0.1) is 5.92 Å². The van der Waals surface area contributed by atoms with Crippen molar-refractivity contribution >= 4 is 6.09 Å². The summed E-state index contributed by atoms with van der Waals surface area (Å²) in [4.78, 5) is 13.8. The maximum atomic E-state index is 11.5. The van der Waals surface area contributed by atoms with Crippen LogP contribution in [0.3, 0.4) is 0 Å². The number of rotatable bonds is 5. The molecule has 0 aromatic rings. The van der Waals surface area contributed by atoms with Gasteiger partial charge in [0.25, 0.3) is 0 Å². The molecule has 1 amide bonds. The van der Waals surface area contributed by atoms with E-state index in [2.05, 4.69) is 22.6 Å². The van der Waals surface area contributed by atoms with Crippen molar-refractivity contribution in [1.82, 2.24) is 15.5 Å². The Morgan fingerprint density at radius 3 is 2.58 bits per heavy atom. The van der Waals surface area contributed by atoms with Gasteiger partial charge in [-0.1, -0.05) is 0 Å². The molecule has 5 heteroatoms. The number of nitrogens with zero attached hydrogens (tertiary/aromatic N) is 1. The number of hydrogen-bond donors (Lipinski definition) is 2. The molecule has 1 aliphatic heterocycles. The number of likely N-dealkylation sites (N-methyl/N-ethyl adjacent to an activating group) is 1. The van der Waals surface area contributed by atoms with Crippen molar-refractivity contribution in [1.29, 1.82) is 0 Å². The Morgan fingerprint density at radius 1 is 1.37 bits per heavy atom. The predicted octanol–water partition coefficient (Wildman–Crippen LogP) is 1.44. The van der Waals surface area contributed by atoms with Crippen molar-refractivity contribution in [3.8, 4) is 0 Å². The van der Waals surface area contributed by atoms with E-state index in [0.29, 0.717) is 6.54 Å². The second-order valence-electron chi connectivity index (χ2n) is 6.38. The molecule has 1 saturated heterocycles.